The summed E-state index contributed by atoms with van der Waals surface area (Å²) in [6.07, 6.45) is 0. The van der Waals surface area contributed by atoms with Gasteiger partial charge in [-0.3, -0.25) is 0 Å². The van der Waals surface area contributed by atoms with Crippen molar-refractivity contribution in [1.82, 2.24) is 10.2 Å². The van der Waals surface area contributed by atoms with Gasteiger partial charge in [0.05, 0.1) is 5.69 Å². The van der Waals surface area contributed by atoms with E-state index in [1.807, 2.05) is 54.6 Å². The maximum absolute atomic E-state index is 5.68. The van der Waals surface area contributed by atoms with Crippen LogP contribution in [0, 0.1) is 0 Å². The molecular formula is C17H15N3. The first-order valence-corrected chi connectivity index (χ1v) is 6.56. The molecular weight excluding hydrogens is 246 g/mol. The standard InChI is InChI=1S/C17H15N3/c18-12-15-11-16(13-7-3-1-4-8-13)17(20-19-15)14-9-5-2-6-10-14/h1-11H,12,18H2. The van der Waals surface area contributed by atoms with E-state index in [0.29, 0.717) is 6.54 Å². The number of aromatic nitrogens is 2. The molecule has 20 heavy (non-hydrogen) atoms. The topological polar surface area (TPSA) is 51.8 Å². The van der Waals surface area contributed by atoms with Crippen molar-refractivity contribution in [3.05, 3.63) is 72.4 Å². The molecule has 3 rings (SSSR count). The van der Waals surface area contributed by atoms with Gasteiger partial charge in [-0.15, -0.1) is 5.10 Å². The lowest BCUT2D eigenvalue weighted by Gasteiger charge is -2.09. The van der Waals surface area contributed by atoms with Gasteiger partial charge in [0, 0.05) is 17.7 Å². The average molecular weight is 261 g/mol. The van der Waals surface area contributed by atoms with Crippen LogP contribution in [0.5, 0.6) is 0 Å². The molecule has 0 aliphatic heterocycles. The van der Waals surface area contributed by atoms with Crippen molar-refractivity contribution in [3.8, 4) is 22.4 Å². The van der Waals surface area contributed by atoms with Crippen molar-refractivity contribution < 1.29 is 0 Å². The minimum absolute atomic E-state index is 0.391. The molecule has 0 saturated carbocycles. The van der Waals surface area contributed by atoms with Gasteiger partial charge in [0.15, 0.2) is 0 Å². The third-order valence-electron chi connectivity index (χ3n) is 3.19. The van der Waals surface area contributed by atoms with Gasteiger partial charge in [0.1, 0.15) is 5.69 Å². The fourth-order valence-corrected chi connectivity index (χ4v) is 2.18. The molecule has 3 aromatic rings. The zero-order chi connectivity index (χ0) is 13.8. The second-order valence-corrected chi connectivity index (χ2v) is 4.53. The van der Waals surface area contributed by atoms with E-state index in [0.717, 1.165) is 28.1 Å². The molecule has 0 aliphatic rings. The van der Waals surface area contributed by atoms with Crippen LogP contribution in [-0.2, 0) is 6.54 Å². The van der Waals surface area contributed by atoms with E-state index >= 15 is 0 Å². The average Bonchev–Trinajstić information content (AvgIpc) is 2.56. The van der Waals surface area contributed by atoms with E-state index in [1.54, 1.807) is 0 Å². The zero-order valence-electron chi connectivity index (χ0n) is 11.0. The molecule has 0 bridgehead atoms. The molecule has 98 valence electrons. The van der Waals surface area contributed by atoms with E-state index < -0.39 is 0 Å². The van der Waals surface area contributed by atoms with Gasteiger partial charge in [-0.2, -0.15) is 5.10 Å². The number of hydrogen-bond donors (Lipinski definition) is 1. The highest BCUT2D eigenvalue weighted by molar-refractivity contribution is 5.80. The molecule has 1 heterocycles. The van der Waals surface area contributed by atoms with Crippen LogP contribution in [0.15, 0.2) is 66.7 Å². The van der Waals surface area contributed by atoms with Crippen LogP contribution in [0.2, 0.25) is 0 Å². The Hall–Kier alpha value is -2.52. The summed E-state index contributed by atoms with van der Waals surface area (Å²) in [5.74, 6) is 0. The van der Waals surface area contributed by atoms with Gasteiger partial charge in [0.2, 0.25) is 0 Å². The number of hydrogen-bond acceptors (Lipinski definition) is 3. The molecule has 0 spiro atoms. The Bertz CT molecular complexity index is 694. The highest BCUT2D eigenvalue weighted by Gasteiger charge is 2.10. The molecule has 0 amide bonds. The summed E-state index contributed by atoms with van der Waals surface area (Å²) in [4.78, 5) is 0. The third-order valence-corrected chi connectivity index (χ3v) is 3.19. The van der Waals surface area contributed by atoms with Gasteiger partial charge in [0.25, 0.3) is 0 Å². The van der Waals surface area contributed by atoms with Gasteiger partial charge in [-0.25, -0.2) is 0 Å². The first-order valence-electron chi connectivity index (χ1n) is 6.56. The van der Waals surface area contributed by atoms with Crippen molar-refractivity contribution in [2.45, 2.75) is 6.54 Å². The SMILES string of the molecule is NCc1cc(-c2ccccc2)c(-c2ccccc2)nn1. The highest BCUT2D eigenvalue weighted by Crippen LogP contribution is 2.29. The van der Waals surface area contributed by atoms with Crippen molar-refractivity contribution in [2.24, 2.45) is 5.73 Å². The summed E-state index contributed by atoms with van der Waals surface area (Å²) in [7, 11) is 0. The summed E-state index contributed by atoms with van der Waals surface area (Å²) in [5.41, 5.74) is 10.6. The molecule has 3 heteroatoms. The quantitative estimate of drug-likeness (QED) is 0.787. The van der Waals surface area contributed by atoms with Crippen LogP contribution in [-0.4, -0.2) is 10.2 Å². The smallest absolute Gasteiger partial charge is 0.101 e. The molecule has 0 atom stereocenters. The van der Waals surface area contributed by atoms with Crippen molar-refractivity contribution in [2.75, 3.05) is 0 Å². The van der Waals surface area contributed by atoms with Crippen LogP contribution < -0.4 is 5.73 Å². The number of benzene rings is 2. The second kappa shape index (κ2) is 5.63. The number of nitrogens with two attached hydrogens (primary N) is 1. The lowest BCUT2D eigenvalue weighted by atomic mass is 9.99. The Morgan fingerprint density at radius 2 is 1.35 bits per heavy atom. The van der Waals surface area contributed by atoms with E-state index in [9.17, 15) is 0 Å². The third kappa shape index (κ3) is 2.44. The van der Waals surface area contributed by atoms with Crippen molar-refractivity contribution in [1.29, 1.82) is 0 Å². The minimum Gasteiger partial charge on any atom is -0.325 e. The maximum atomic E-state index is 5.68. The van der Waals surface area contributed by atoms with Crippen LogP contribution in [0.4, 0.5) is 0 Å². The summed E-state index contributed by atoms with van der Waals surface area (Å²) in [5, 5.41) is 8.55. The molecule has 1 aromatic heterocycles. The molecule has 2 N–H and O–H groups in total. The van der Waals surface area contributed by atoms with Gasteiger partial charge in [-0.05, 0) is 11.6 Å². The van der Waals surface area contributed by atoms with Crippen LogP contribution >= 0.6 is 0 Å². The van der Waals surface area contributed by atoms with Crippen molar-refractivity contribution in [3.63, 3.8) is 0 Å². The first kappa shape index (κ1) is 12.5. The lowest BCUT2D eigenvalue weighted by molar-refractivity contribution is 0.904. The summed E-state index contributed by atoms with van der Waals surface area (Å²) in [6, 6.07) is 22.3. The second-order valence-electron chi connectivity index (χ2n) is 4.53. The van der Waals surface area contributed by atoms with E-state index in [4.69, 9.17) is 5.73 Å². The van der Waals surface area contributed by atoms with Crippen LogP contribution in [0.25, 0.3) is 22.4 Å². The summed E-state index contributed by atoms with van der Waals surface area (Å²) >= 11 is 0. The molecule has 0 saturated heterocycles. The Morgan fingerprint density at radius 3 is 1.95 bits per heavy atom. The maximum Gasteiger partial charge on any atom is 0.101 e. The fourth-order valence-electron chi connectivity index (χ4n) is 2.18. The van der Waals surface area contributed by atoms with E-state index in [1.165, 1.54) is 0 Å². The summed E-state index contributed by atoms with van der Waals surface area (Å²) in [6.45, 7) is 0.391. The molecule has 2 aromatic carbocycles. The zero-order valence-corrected chi connectivity index (χ0v) is 11.0. The lowest BCUT2D eigenvalue weighted by Crippen LogP contribution is -2.03. The highest BCUT2D eigenvalue weighted by atomic mass is 15.1. The molecule has 0 fully saturated rings. The van der Waals surface area contributed by atoms with Crippen molar-refractivity contribution >= 4 is 0 Å². The Kier molecular flexibility index (Phi) is 3.52. The van der Waals surface area contributed by atoms with Gasteiger partial charge < -0.3 is 5.73 Å². The fraction of sp³-hybridized carbons (Fsp3) is 0.0588. The Morgan fingerprint density at radius 1 is 0.750 bits per heavy atom. The predicted molar refractivity (Wildman–Crippen MR) is 80.8 cm³/mol. The number of rotatable bonds is 3. The normalized spacial score (nSPS) is 10.4. The number of nitrogens with zero attached hydrogens (tertiary/aromatic N) is 2. The molecule has 0 radical (unpaired) electrons. The van der Waals surface area contributed by atoms with Gasteiger partial charge >= 0.3 is 0 Å². The van der Waals surface area contributed by atoms with E-state index in [2.05, 4.69) is 22.3 Å². The first-order chi connectivity index (χ1) is 9.88. The van der Waals surface area contributed by atoms with Crippen LogP contribution in [0.1, 0.15) is 5.69 Å². The monoisotopic (exact) mass is 261 g/mol. The minimum atomic E-state index is 0.391. The Labute approximate surface area is 118 Å². The van der Waals surface area contributed by atoms with Crippen LogP contribution in [0.3, 0.4) is 0 Å². The largest absolute Gasteiger partial charge is 0.325 e. The molecule has 0 unspecified atom stereocenters. The molecule has 3 nitrogen and oxygen atoms in total. The summed E-state index contributed by atoms with van der Waals surface area (Å²) < 4.78 is 0. The Balaban J connectivity index is 2.20. The molecule has 0 aliphatic carbocycles. The van der Waals surface area contributed by atoms with E-state index in [-0.39, 0.29) is 0 Å². The van der Waals surface area contributed by atoms with Gasteiger partial charge in [-0.1, -0.05) is 60.7 Å². The predicted octanol–water partition coefficient (Wildman–Crippen LogP) is 3.27.